The molecule has 0 aliphatic carbocycles. The predicted molar refractivity (Wildman–Crippen MR) is 307 cm³/mol. The van der Waals surface area contributed by atoms with Crippen LogP contribution in [0.4, 0.5) is 22.7 Å². The minimum Gasteiger partial charge on any atom is -0.457 e. The molecule has 5 heteroatoms. The van der Waals surface area contributed by atoms with Crippen LogP contribution in [0.15, 0.2) is 134 Å². The van der Waals surface area contributed by atoms with Crippen molar-refractivity contribution in [3.63, 3.8) is 0 Å². The van der Waals surface area contributed by atoms with Gasteiger partial charge in [0.15, 0.2) is 0 Å². The Labute approximate surface area is 426 Å². The Bertz CT molecular complexity index is 3240. The minimum atomic E-state index is -0.0444. The fourth-order valence-electron chi connectivity index (χ4n) is 9.52. The van der Waals surface area contributed by atoms with Gasteiger partial charge in [0.25, 0.3) is 0 Å². The molecule has 0 spiro atoms. The molecule has 0 aliphatic heterocycles. The molecule has 0 bridgehead atoms. The fourth-order valence-corrected chi connectivity index (χ4v) is 9.52. The van der Waals surface area contributed by atoms with Gasteiger partial charge in [0, 0.05) is 47.5 Å². The monoisotopic (exact) mass is 945 g/mol. The van der Waals surface area contributed by atoms with Crippen molar-refractivity contribution in [3.8, 4) is 28.4 Å². The largest absolute Gasteiger partial charge is 0.457 e. The summed E-state index contributed by atoms with van der Waals surface area (Å²) in [5.41, 5.74) is 16.6. The minimum absolute atomic E-state index is 0.000286. The van der Waals surface area contributed by atoms with Crippen molar-refractivity contribution in [1.29, 1.82) is 0 Å². The zero-order chi connectivity index (χ0) is 51.8. The third-order valence-electron chi connectivity index (χ3n) is 14.2. The van der Waals surface area contributed by atoms with Crippen molar-refractivity contribution >= 4 is 44.6 Å². The van der Waals surface area contributed by atoms with Gasteiger partial charge in [-0.1, -0.05) is 167 Å². The van der Waals surface area contributed by atoms with Crippen molar-refractivity contribution in [2.45, 2.75) is 157 Å². The van der Waals surface area contributed by atoms with Crippen LogP contribution in [0.5, 0.6) is 11.5 Å². The van der Waals surface area contributed by atoms with Gasteiger partial charge in [0.2, 0.25) is 0 Å². The molecular formula is C66H80N4O. The number of ether oxygens (including phenoxy) is 1. The summed E-state index contributed by atoms with van der Waals surface area (Å²) in [7, 11) is 2.14. The summed E-state index contributed by atoms with van der Waals surface area (Å²) < 4.78 is 9.18. The van der Waals surface area contributed by atoms with Crippen molar-refractivity contribution in [2.24, 2.45) is 0 Å². The Morgan fingerprint density at radius 1 is 0.465 bits per heavy atom. The molecule has 0 fully saturated rings. The Morgan fingerprint density at radius 2 is 1.06 bits per heavy atom. The van der Waals surface area contributed by atoms with Crippen LogP contribution in [0.25, 0.3) is 38.8 Å². The lowest BCUT2D eigenvalue weighted by molar-refractivity contribution is 0.483. The molecule has 8 aromatic rings. The first-order valence-electron chi connectivity index (χ1n) is 25.7. The lowest BCUT2D eigenvalue weighted by atomic mass is 9.77. The SMILES string of the molecule is CN(c1cccc(Oc2ccc3c4cc(-c5ccc(C(C)(C)C)cc5C(C)(C)C)ccc4n(-c4cc(C(C)(C)C)ccn4)c3c2)c1)c1ccc(C(C)(C)C)cc1Nc1cc(C(C)(C)C)cc(C(C)(C)C)c1. The molecule has 0 atom stereocenters. The summed E-state index contributed by atoms with van der Waals surface area (Å²) in [6.07, 6.45) is 1.94. The van der Waals surface area contributed by atoms with E-state index in [4.69, 9.17) is 9.72 Å². The van der Waals surface area contributed by atoms with Gasteiger partial charge in [-0.3, -0.25) is 4.57 Å². The van der Waals surface area contributed by atoms with E-state index in [0.29, 0.717) is 0 Å². The van der Waals surface area contributed by atoms with Crippen molar-refractivity contribution < 1.29 is 4.74 Å². The molecule has 6 aromatic carbocycles. The van der Waals surface area contributed by atoms with Crippen LogP contribution in [0, 0.1) is 0 Å². The van der Waals surface area contributed by atoms with E-state index in [1.54, 1.807) is 0 Å². The molecule has 0 aliphatic rings. The number of pyridine rings is 1. The van der Waals surface area contributed by atoms with E-state index in [1.165, 1.54) is 49.9 Å². The van der Waals surface area contributed by atoms with Crippen molar-refractivity contribution in [2.75, 3.05) is 17.3 Å². The zero-order valence-electron chi connectivity index (χ0n) is 46.5. The highest BCUT2D eigenvalue weighted by molar-refractivity contribution is 6.11. The van der Waals surface area contributed by atoms with Gasteiger partial charge in [-0.25, -0.2) is 4.98 Å². The number of aromatic nitrogens is 2. The summed E-state index contributed by atoms with van der Waals surface area (Å²) in [4.78, 5) is 7.28. The highest BCUT2D eigenvalue weighted by Gasteiger charge is 2.26. The van der Waals surface area contributed by atoms with Crippen LogP contribution >= 0.6 is 0 Å². The number of benzene rings is 6. The lowest BCUT2D eigenvalue weighted by Crippen LogP contribution is -2.17. The molecule has 5 nitrogen and oxygen atoms in total. The Kier molecular flexibility index (Phi) is 13.0. The molecule has 2 aromatic heterocycles. The number of fused-ring (bicyclic) bond motifs is 3. The first-order chi connectivity index (χ1) is 32.9. The van der Waals surface area contributed by atoms with Crippen molar-refractivity contribution in [1.82, 2.24) is 9.55 Å². The third kappa shape index (κ3) is 10.8. The van der Waals surface area contributed by atoms with Gasteiger partial charge in [-0.2, -0.15) is 0 Å². The van der Waals surface area contributed by atoms with Gasteiger partial charge in [0.1, 0.15) is 17.3 Å². The molecule has 71 heavy (non-hydrogen) atoms. The van der Waals surface area contributed by atoms with Gasteiger partial charge in [0.05, 0.1) is 22.4 Å². The lowest BCUT2D eigenvalue weighted by Gasteiger charge is -2.29. The second kappa shape index (κ2) is 18.1. The molecule has 2 heterocycles. The van der Waals surface area contributed by atoms with Crippen molar-refractivity contribution in [3.05, 3.63) is 167 Å². The second-order valence-corrected chi connectivity index (χ2v) is 26.2. The van der Waals surface area contributed by atoms with Crippen LogP contribution in [0.3, 0.4) is 0 Å². The number of anilines is 4. The van der Waals surface area contributed by atoms with E-state index in [9.17, 15) is 0 Å². The second-order valence-electron chi connectivity index (χ2n) is 26.2. The van der Waals surface area contributed by atoms with E-state index in [1.807, 2.05) is 12.3 Å². The van der Waals surface area contributed by atoms with E-state index in [-0.39, 0.29) is 32.5 Å². The van der Waals surface area contributed by atoms with E-state index >= 15 is 0 Å². The smallest absolute Gasteiger partial charge is 0.137 e. The first kappa shape index (κ1) is 51.0. The van der Waals surface area contributed by atoms with E-state index in [0.717, 1.165) is 56.5 Å². The topological polar surface area (TPSA) is 42.3 Å². The van der Waals surface area contributed by atoms with Crippen LogP contribution < -0.4 is 15.0 Å². The maximum absolute atomic E-state index is 6.87. The van der Waals surface area contributed by atoms with E-state index < -0.39 is 0 Å². The van der Waals surface area contributed by atoms with Gasteiger partial charge in [-0.15, -0.1) is 0 Å². The summed E-state index contributed by atoms with van der Waals surface area (Å²) in [5, 5.41) is 6.25. The zero-order valence-corrected chi connectivity index (χ0v) is 46.5. The van der Waals surface area contributed by atoms with E-state index in [2.05, 4.69) is 268 Å². The molecule has 0 amide bonds. The maximum Gasteiger partial charge on any atom is 0.137 e. The standard InChI is InChI=1S/C66H80N4O/c1-61(2,3)43-24-27-52(55(37-43)66(16,17)18)42-23-29-57-54(33-42)53-28-26-51(41-59(53)70(57)60-39-45(31-32-67-60)63(7,8)9)71-50-22-20-21-49(40-50)69(19)58-30-25-44(62(4,5)6)38-56(58)68-48-35-46(64(10,11)12)34-47(36-48)65(13,14)15/h20-41,68H,1-19H3. The van der Waals surface area contributed by atoms with Crippen LogP contribution in [0.1, 0.15) is 158 Å². The molecule has 0 unspecified atom stereocenters. The number of nitrogens with one attached hydrogen (secondary N) is 1. The average molecular weight is 945 g/mol. The summed E-state index contributed by atoms with van der Waals surface area (Å²) in [6, 6.07) is 47.2. The Hall–Kier alpha value is -6.33. The van der Waals surface area contributed by atoms with Gasteiger partial charge < -0.3 is 15.0 Å². The number of nitrogens with zero attached hydrogens (tertiary/aromatic N) is 3. The van der Waals surface area contributed by atoms with Crippen LogP contribution in [0.2, 0.25) is 0 Å². The highest BCUT2D eigenvalue weighted by atomic mass is 16.5. The first-order valence-corrected chi connectivity index (χ1v) is 25.7. The summed E-state index contributed by atoms with van der Waals surface area (Å²) in [5.74, 6) is 2.40. The van der Waals surface area contributed by atoms with Crippen LogP contribution in [-0.2, 0) is 32.5 Å². The molecular weight excluding hydrogens is 865 g/mol. The van der Waals surface area contributed by atoms with Gasteiger partial charge in [-0.05, 0) is 150 Å². The predicted octanol–water partition coefficient (Wildman–Crippen LogP) is 18.9. The normalized spacial score (nSPS) is 13.0. The van der Waals surface area contributed by atoms with Crippen LogP contribution in [-0.4, -0.2) is 16.6 Å². The Balaban J connectivity index is 1.21. The average Bonchev–Trinajstić information content (AvgIpc) is 3.59. The number of rotatable bonds is 8. The molecule has 1 N–H and O–H groups in total. The summed E-state index contributed by atoms with van der Waals surface area (Å²) in [6.45, 7) is 41.2. The molecule has 8 rings (SSSR count). The molecule has 0 radical (unpaired) electrons. The fraction of sp³-hybridized carbons (Fsp3) is 0.379. The number of hydrogen-bond acceptors (Lipinski definition) is 4. The molecule has 0 saturated heterocycles. The summed E-state index contributed by atoms with van der Waals surface area (Å²) >= 11 is 0. The van der Waals surface area contributed by atoms with Gasteiger partial charge >= 0.3 is 0 Å². The quantitative estimate of drug-likeness (QED) is 0.165. The third-order valence-corrected chi connectivity index (χ3v) is 14.2. The number of hydrogen-bond donors (Lipinski definition) is 1. The Morgan fingerprint density at radius 3 is 1.68 bits per heavy atom. The molecule has 0 saturated carbocycles. The highest BCUT2D eigenvalue weighted by Crippen LogP contribution is 2.43. The maximum atomic E-state index is 6.87. The molecule has 370 valence electrons.